The molecule has 0 unspecified atom stereocenters. The predicted molar refractivity (Wildman–Crippen MR) is 148 cm³/mol. The van der Waals surface area contributed by atoms with E-state index in [2.05, 4.69) is 24.3 Å². The lowest BCUT2D eigenvalue weighted by molar-refractivity contribution is -0.134. The topological polar surface area (TPSA) is 61.8 Å². The molecule has 4 bridgehead atoms. The van der Waals surface area contributed by atoms with E-state index in [9.17, 15) is 9.59 Å². The lowest BCUT2D eigenvalue weighted by atomic mass is 9.48. The number of aryl methyl sites for hydroxylation is 1. The van der Waals surface area contributed by atoms with Crippen molar-refractivity contribution in [2.24, 2.45) is 17.8 Å². The van der Waals surface area contributed by atoms with Crippen LogP contribution in [-0.2, 0) is 26.1 Å². The van der Waals surface area contributed by atoms with Crippen LogP contribution in [0.1, 0.15) is 72.0 Å². The van der Waals surface area contributed by atoms with Gasteiger partial charge in [-0.2, -0.15) is 0 Å². The van der Waals surface area contributed by atoms with Gasteiger partial charge in [0.15, 0.2) is 0 Å². The molecule has 4 aliphatic carbocycles. The fourth-order valence-corrected chi connectivity index (χ4v) is 7.62. The maximum Gasteiger partial charge on any atom is 0.337 e. The minimum atomic E-state index is -0.426. The van der Waals surface area contributed by atoms with E-state index < -0.39 is 11.9 Å². The van der Waals surface area contributed by atoms with Crippen LogP contribution in [0.25, 0.3) is 5.57 Å². The average molecular weight is 515 g/mol. The number of esters is 2. The Balaban J connectivity index is 1.35. The molecule has 38 heavy (non-hydrogen) atoms. The van der Waals surface area contributed by atoms with E-state index in [1.165, 1.54) is 69.9 Å². The van der Waals surface area contributed by atoms with Crippen molar-refractivity contribution in [3.05, 3.63) is 82.9 Å². The highest BCUT2D eigenvalue weighted by molar-refractivity contribution is 5.92. The Morgan fingerprint density at radius 2 is 1.55 bits per heavy atom. The SMILES string of the molecule is COC(=O)C=CC(=CCCc1ccc(C23CC4CC(CC(C4)C2)C3)c(OC)c1)c1cccc(C(=O)OC)c1. The first-order valence-corrected chi connectivity index (χ1v) is 13.8. The Hall–Kier alpha value is -3.34. The molecule has 5 nitrogen and oxygen atoms in total. The molecule has 2 aromatic carbocycles. The fraction of sp³-hybridized carbons (Fsp3) is 0.455. The molecule has 2 aromatic rings. The monoisotopic (exact) mass is 514 g/mol. The summed E-state index contributed by atoms with van der Waals surface area (Å²) in [5, 5.41) is 0. The molecule has 0 spiro atoms. The molecular weight excluding hydrogens is 476 g/mol. The number of rotatable bonds is 9. The number of allylic oxidation sites excluding steroid dienone is 3. The normalized spacial score (nSPS) is 26.0. The fourth-order valence-electron chi connectivity index (χ4n) is 7.62. The summed E-state index contributed by atoms with van der Waals surface area (Å²) in [6, 6.07) is 14.1. The summed E-state index contributed by atoms with van der Waals surface area (Å²) in [6.07, 6.45) is 15.1. The largest absolute Gasteiger partial charge is 0.496 e. The van der Waals surface area contributed by atoms with E-state index in [0.717, 1.165) is 47.5 Å². The average Bonchev–Trinajstić information content (AvgIpc) is 2.93. The van der Waals surface area contributed by atoms with Gasteiger partial charge < -0.3 is 14.2 Å². The van der Waals surface area contributed by atoms with Crippen molar-refractivity contribution in [1.82, 2.24) is 0 Å². The van der Waals surface area contributed by atoms with Crippen LogP contribution in [0.15, 0.2) is 60.7 Å². The van der Waals surface area contributed by atoms with Crippen molar-refractivity contribution in [1.29, 1.82) is 0 Å². The number of benzene rings is 2. The van der Waals surface area contributed by atoms with E-state index in [4.69, 9.17) is 14.2 Å². The van der Waals surface area contributed by atoms with Crippen LogP contribution in [0.2, 0.25) is 0 Å². The first-order chi connectivity index (χ1) is 18.4. The summed E-state index contributed by atoms with van der Waals surface area (Å²) in [7, 11) is 4.52. The van der Waals surface area contributed by atoms with Gasteiger partial charge in [-0.25, -0.2) is 9.59 Å². The first kappa shape index (κ1) is 26.3. The molecule has 0 N–H and O–H groups in total. The number of carbonyl (C=O) groups is 2. The molecule has 200 valence electrons. The molecule has 4 saturated carbocycles. The van der Waals surface area contributed by atoms with E-state index in [-0.39, 0.29) is 0 Å². The van der Waals surface area contributed by atoms with Gasteiger partial charge in [-0.15, -0.1) is 0 Å². The summed E-state index contributed by atoms with van der Waals surface area (Å²) in [5.74, 6) is 2.89. The van der Waals surface area contributed by atoms with Crippen molar-refractivity contribution in [3.8, 4) is 5.75 Å². The summed E-state index contributed by atoms with van der Waals surface area (Å²) in [4.78, 5) is 23.8. The van der Waals surface area contributed by atoms with Crippen molar-refractivity contribution in [3.63, 3.8) is 0 Å². The summed E-state index contributed by atoms with van der Waals surface area (Å²) < 4.78 is 15.6. The van der Waals surface area contributed by atoms with Crippen LogP contribution in [0.3, 0.4) is 0 Å². The van der Waals surface area contributed by atoms with Crippen LogP contribution in [0, 0.1) is 17.8 Å². The van der Waals surface area contributed by atoms with Crippen LogP contribution in [-0.4, -0.2) is 33.3 Å². The Labute approximate surface area is 225 Å². The van der Waals surface area contributed by atoms with Crippen molar-refractivity contribution >= 4 is 17.5 Å². The number of ether oxygens (including phenoxy) is 3. The number of methoxy groups -OCH3 is 3. The minimum absolute atomic E-state index is 0.301. The number of hydrogen-bond acceptors (Lipinski definition) is 5. The molecule has 4 fully saturated rings. The highest BCUT2D eigenvalue weighted by atomic mass is 16.5. The van der Waals surface area contributed by atoms with Gasteiger partial charge in [0, 0.05) is 11.6 Å². The number of hydrogen-bond donors (Lipinski definition) is 0. The molecule has 0 heterocycles. The molecule has 4 aliphatic rings. The van der Waals surface area contributed by atoms with Gasteiger partial charge in [-0.1, -0.05) is 30.3 Å². The lowest BCUT2D eigenvalue weighted by Crippen LogP contribution is -2.48. The molecule has 6 rings (SSSR count). The smallest absolute Gasteiger partial charge is 0.337 e. The second-order valence-electron chi connectivity index (χ2n) is 11.4. The van der Waals surface area contributed by atoms with Crippen molar-refractivity contribution in [2.45, 2.75) is 56.8 Å². The van der Waals surface area contributed by atoms with E-state index in [1.54, 1.807) is 25.3 Å². The molecule has 0 atom stereocenters. The zero-order chi connectivity index (χ0) is 26.7. The summed E-state index contributed by atoms with van der Waals surface area (Å²) in [6.45, 7) is 0. The van der Waals surface area contributed by atoms with E-state index in [1.807, 2.05) is 12.1 Å². The Bertz CT molecular complexity index is 1220. The zero-order valence-electron chi connectivity index (χ0n) is 22.7. The van der Waals surface area contributed by atoms with Crippen LogP contribution in [0.5, 0.6) is 5.75 Å². The lowest BCUT2D eigenvalue weighted by Gasteiger charge is -2.57. The third kappa shape index (κ3) is 5.43. The molecular formula is C33H38O5. The van der Waals surface area contributed by atoms with Gasteiger partial charge in [-0.05, 0) is 116 Å². The second-order valence-corrected chi connectivity index (χ2v) is 11.4. The zero-order valence-corrected chi connectivity index (χ0v) is 22.7. The van der Waals surface area contributed by atoms with Gasteiger partial charge in [0.25, 0.3) is 0 Å². The summed E-state index contributed by atoms with van der Waals surface area (Å²) in [5.41, 5.74) is 5.09. The molecule has 0 amide bonds. The van der Waals surface area contributed by atoms with E-state index in [0.29, 0.717) is 11.0 Å². The van der Waals surface area contributed by atoms with Crippen LogP contribution >= 0.6 is 0 Å². The molecule has 0 radical (unpaired) electrons. The number of carbonyl (C=O) groups excluding carboxylic acids is 2. The molecule has 5 heteroatoms. The molecule has 0 aromatic heterocycles. The van der Waals surface area contributed by atoms with E-state index >= 15 is 0 Å². The maximum absolute atomic E-state index is 12.0. The predicted octanol–water partition coefficient (Wildman–Crippen LogP) is 6.70. The quantitative estimate of drug-likeness (QED) is 0.212. The first-order valence-electron chi connectivity index (χ1n) is 13.8. The van der Waals surface area contributed by atoms with Crippen LogP contribution < -0.4 is 4.74 Å². The molecule has 0 saturated heterocycles. The van der Waals surface area contributed by atoms with Gasteiger partial charge >= 0.3 is 11.9 Å². The third-order valence-corrected chi connectivity index (χ3v) is 8.89. The summed E-state index contributed by atoms with van der Waals surface area (Å²) >= 11 is 0. The van der Waals surface area contributed by atoms with Gasteiger partial charge in [-0.3, -0.25) is 0 Å². The van der Waals surface area contributed by atoms with Gasteiger partial charge in [0.05, 0.1) is 26.9 Å². The third-order valence-electron chi connectivity index (χ3n) is 8.89. The maximum atomic E-state index is 12.0. The van der Waals surface area contributed by atoms with Gasteiger partial charge in [0.2, 0.25) is 0 Å². The highest BCUT2D eigenvalue weighted by Crippen LogP contribution is 2.61. The van der Waals surface area contributed by atoms with Crippen LogP contribution in [0.4, 0.5) is 0 Å². The Morgan fingerprint density at radius 3 is 2.18 bits per heavy atom. The van der Waals surface area contributed by atoms with Crippen molar-refractivity contribution < 1.29 is 23.8 Å². The Morgan fingerprint density at radius 1 is 0.868 bits per heavy atom. The molecule has 0 aliphatic heterocycles. The minimum Gasteiger partial charge on any atom is -0.496 e. The van der Waals surface area contributed by atoms with Gasteiger partial charge in [0.1, 0.15) is 5.75 Å². The Kier molecular flexibility index (Phi) is 7.73. The highest BCUT2D eigenvalue weighted by Gasteiger charge is 2.52. The second kappa shape index (κ2) is 11.2. The van der Waals surface area contributed by atoms with Crippen molar-refractivity contribution in [2.75, 3.05) is 21.3 Å². The standard InChI is InChI=1S/C33H38O5/c1-36-30-17-22(10-12-29(30)33-19-23-14-24(20-33)16-25(15-23)21-33)6-4-7-26(11-13-31(34)37-2)27-8-5-9-28(18-27)32(35)38-3/h5,7-13,17-18,23-25H,4,6,14-16,19-21H2,1-3H3.